The van der Waals surface area contributed by atoms with E-state index in [1.807, 2.05) is 48.5 Å². The van der Waals surface area contributed by atoms with Crippen molar-refractivity contribution >= 4 is 29.1 Å². The monoisotopic (exact) mass is 443 g/mol. The van der Waals surface area contributed by atoms with Crippen molar-refractivity contribution in [3.8, 4) is 0 Å². The second-order valence-electron chi connectivity index (χ2n) is 7.43. The lowest BCUT2D eigenvalue weighted by Crippen LogP contribution is -2.25. The number of amides is 1. The van der Waals surface area contributed by atoms with Crippen LogP contribution in [0.1, 0.15) is 65.7 Å². The van der Waals surface area contributed by atoms with E-state index in [-0.39, 0.29) is 5.91 Å². The third kappa shape index (κ3) is 6.61. The number of hydrogen-bond donors (Lipinski definition) is 2. The van der Waals surface area contributed by atoms with Gasteiger partial charge in [0.05, 0.1) is 5.69 Å². The van der Waals surface area contributed by atoms with Gasteiger partial charge in [0.1, 0.15) is 0 Å². The van der Waals surface area contributed by atoms with Crippen LogP contribution in [0.15, 0.2) is 48.5 Å². The molecule has 3 aromatic rings. The van der Waals surface area contributed by atoms with E-state index in [4.69, 9.17) is 23.2 Å². The molecule has 30 heavy (non-hydrogen) atoms. The summed E-state index contributed by atoms with van der Waals surface area (Å²) in [5, 5.41) is 4.37. The number of carbonyl (C=O) groups excluding carboxylic acids is 1. The van der Waals surface area contributed by atoms with Crippen LogP contribution in [0.25, 0.3) is 0 Å². The summed E-state index contributed by atoms with van der Waals surface area (Å²) in [6, 6.07) is 15.4. The highest BCUT2D eigenvalue weighted by Crippen LogP contribution is 2.19. The molecule has 6 heteroatoms. The van der Waals surface area contributed by atoms with Gasteiger partial charge in [-0.3, -0.25) is 4.79 Å². The SMILES string of the molecule is CCCCCCNC(=O)c1nc(Cc2ccc(Cl)cc2)c(Cc2ccc(Cl)cc2)[nH]1. The first kappa shape index (κ1) is 22.4. The van der Waals surface area contributed by atoms with Gasteiger partial charge >= 0.3 is 0 Å². The van der Waals surface area contributed by atoms with E-state index in [1.54, 1.807) is 0 Å². The Bertz CT molecular complexity index is 885. The number of nitrogens with zero attached hydrogens (tertiary/aromatic N) is 1. The molecule has 0 saturated carbocycles. The summed E-state index contributed by atoms with van der Waals surface area (Å²) in [5.74, 6) is 0.199. The number of imidazole rings is 1. The molecule has 3 rings (SSSR count). The highest BCUT2D eigenvalue weighted by molar-refractivity contribution is 6.30. The van der Waals surface area contributed by atoms with Gasteiger partial charge in [-0.1, -0.05) is 73.7 Å². The zero-order chi connectivity index (χ0) is 21.3. The van der Waals surface area contributed by atoms with E-state index >= 15 is 0 Å². The molecule has 0 aliphatic rings. The number of carbonyl (C=O) groups is 1. The first-order chi connectivity index (χ1) is 14.5. The quantitative estimate of drug-likeness (QED) is 0.366. The summed E-state index contributed by atoms with van der Waals surface area (Å²) < 4.78 is 0. The van der Waals surface area contributed by atoms with E-state index in [2.05, 4.69) is 22.2 Å². The maximum absolute atomic E-state index is 12.6. The molecule has 2 N–H and O–H groups in total. The number of unbranched alkanes of at least 4 members (excludes halogenated alkanes) is 3. The predicted octanol–water partition coefficient (Wildman–Crippen LogP) is 6.21. The fourth-order valence-corrected chi connectivity index (χ4v) is 3.54. The van der Waals surface area contributed by atoms with Crippen LogP contribution in [0, 0.1) is 0 Å². The molecular formula is C24H27Cl2N3O. The zero-order valence-electron chi connectivity index (χ0n) is 17.2. The highest BCUT2D eigenvalue weighted by atomic mass is 35.5. The van der Waals surface area contributed by atoms with Crippen LogP contribution in [0.3, 0.4) is 0 Å². The minimum atomic E-state index is -0.161. The van der Waals surface area contributed by atoms with Crippen molar-refractivity contribution in [2.75, 3.05) is 6.54 Å². The van der Waals surface area contributed by atoms with Gasteiger partial charge in [-0.15, -0.1) is 0 Å². The topological polar surface area (TPSA) is 57.8 Å². The molecule has 0 atom stereocenters. The third-order valence-corrected chi connectivity index (χ3v) is 5.48. The summed E-state index contributed by atoms with van der Waals surface area (Å²) in [6.07, 6.45) is 5.74. The number of halogens is 2. The number of nitrogens with one attached hydrogen (secondary N) is 2. The minimum absolute atomic E-state index is 0.161. The van der Waals surface area contributed by atoms with Gasteiger partial charge in [0.25, 0.3) is 5.91 Å². The maximum Gasteiger partial charge on any atom is 0.287 e. The Hall–Kier alpha value is -2.30. The lowest BCUT2D eigenvalue weighted by molar-refractivity contribution is 0.0943. The molecule has 1 aromatic heterocycles. The first-order valence-electron chi connectivity index (χ1n) is 10.4. The molecule has 0 aliphatic heterocycles. The van der Waals surface area contributed by atoms with Crippen molar-refractivity contribution in [3.63, 3.8) is 0 Å². The highest BCUT2D eigenvalue weighted by Gasteiger charge is 2.16. The molecule has 0 saturated heterocycles. The van der Waals surface area contributed by atoms with E-state index in [0.717, 1.165) is 35.4 Å². The number of aromatic nitrogens is 2. The van der Waals surface area contributed by atoms with Gasteiger partial charge in [0.15, 0.2) is 5.82 Å². The summed E-state index contributed by atoms with van der Waals surface area (Å²) in [7, 11) is 0. The zero-order valence-corrected chi connectivity index (χ0v) is 18.7. The van der Waals surface area contributed by atoms with Crippen LogP contribution in [0.4, 0.5) is 0 Å². The van der Waals surface area contributed by atoms with Crippen LogP contribution in [-0.2, 0) is 12.8 Å². The van der Waals surface area contributed by atoms with Crippen molar-refractivity contribution < 1.29 is 4.79 Å². The number of H-pyrrole nitrogens is 1. The first-order valence-corrected chi connectivity index (χ1v) is 11.2. The molecular weight excluding hydrogens is 417 g/mol. The molecule has 0 aliphatic carbocycles. The van der Waals surface area contributed by atoms with Gasteiger partial charge in [0, 0.05) is 35.1 Å². The van der Waals surface area contributed by atoms with Crippen LogP contribution < -0.4 is 5.32 Å². The largest absolute Gasteiger partial charge is 0.349 e. The molecule has 2 aromatic carbocycles. The summed E-state index contributed by atoms with van der Waals surface area (Å²) >= 11 is 12.0. The van der Waals surface area contributed by atoms with Crippen LogP contribution in [0.2, 0.25) is 10.0 Å². The minimum Gasteiger partial charge on any atom is -0.349 e. The molecule has 1 amide bonds. The average Bonchev–Trinajstić information content (AvgIpc) is 3.13. The van der Waals surface area contributed by atoms with Gasteiger partial charge in [-0.25, -0.2) is 4.98 Å². The van der Waals surface area contributed by atoms with Crippen molar-refractivity contribution in [1.29, 1.82) is 0 Å². The summed E-state index contributed by atoms with van der Waals surface area (Å²) in [4.78, 5) is 20.5. The van der Waals surface area contributed by atoms with E-state index < -0.39 is 0 Å². The second kappa shape index (κ2) is 11.2. The molecule has 1 heterocycles. The van der Waals surface area contributed by atoms with E-state index in [1.165, 1.54) is 12.8 Å². The predicted molar refractivity (Wildman–Crippen MR) is 124 cm³/mol. The van der Waals surface area contributed by atoms with Crippen LogP contribution >= 0.6 is 23.2 Å². The second-order valence-corrected chi connectivity index (χ2v) is 8.31. The lowest BCUT2D eigenvalue weighted by atomic mass is 10.0. The normalized spacial score (nSPS) is 10.9. The Kier molecular flexibility index (Phi) is 8.35. The molecule has 0 fully saturated rings. The average molecular weight is 444 g/mol. The maximum atomic E-state index is 12.6. The standard InChI is InChI=1S/C24H27Cl2N3O/c1-2-3-4-5-14-27-24(30)23-28-21(15-17-6-10-19(25)11-7-17)22(29-23)16-18-8-12-20(26)13-9-18/h6-13H,2-5,14-16H2,1H3,(H,27,30)(H,28,29). The smallest absolute Gasteiger partial charge is 0.287 e. The van der Waals surface area contributed by atoms with Gasteiger partial charge in [-0.05, 0) is 41.8 Å². The molecule has 0 unspecified atom stereocenters. The van der Waals surface area contributed by atoms with Gasteiger partial charge in [0.2, 0.25) is 0 Å². The van der Waals surface area contributed by atoms with Gasteiger partial charge < -0.3 is 10.3 Å². The number of aromatic amines is 1. The molecule has 0 spiro atoms. The Labute approximate surface area is 188 Å². The van der Waals surface area contributed by atoms with Crippen molar-refractivity contribution in [2.24, 2.45) is 0 Å². The van der Waals surface area contributed by atoms with E-state index in [0.29, 0.717) is 35.3 Å². The Balaban J connectivity index is 1.76. The number of hydrogen-bond acceptors (Lipinski definition) is 2. The van der Waals surface area contributed by atoms with Crippen LogP contribution in [-0.4, -0.2) is 22.4 Å². The number of rotatable bonds is 10. The van der Waals surface area contributed by atoms with Crippen molar-refractivity contribution in [3.05, 3.63) is 86.9 Å². The van der Waals surface area contributed by atoms with Crippen molar-refractivity contribution in [1.82, 2.24) is 15.3 Å². The fourth-order valence-electron chi connectivity index (χ4n) is 3.28. The Morgan fingerprint density at radius 3 is 2.10 bits per heavy atom. The Morgan fingerprint density at radius 1 is 0.900 bits per heavy atom. The molecule has 0 radical (unpaired) electrons. The molecule has 158 valence electrons. The lowest BCUT2D eigenvalue weighted by Gasteiger charge is -2.04. The van der Waals surface area contributed by atoms with Crippen molar-refractivity contribution in [2.45, 2.75) is 45.4 Å². The van der Waals surface area contributed by atoms with Gasteiger partial charge in [-0.2, -0.15) is 0 Å². The summed E-state index contributed by atoms with van der Waals surface area (Å²) in [6.45, 7) is 2.84. The number of benzene rings is 2. The van der Waals surface area contributed by atoms with E-state index in [9.17, 15) is 4.79 Å². The molecule has 4 nitrogen and oxygen atoms in total. The van der Waals surface area contributed by atoms with Crippen LogP contribution in [0.5, 0.6) is 0 Å². The fraction of sp³-hybridized carbons (Fsp3) is 0.333. The molecule has 0 bridgehead atoms. The Morgan fingerprint density at radius 2 is 1.50 bits per heavy atom. The third-order valence-electron chi connectivity index (χ3n) is 4.97. The summed E-state index contributed by atoms with van der Waals surface area (Å²) in [5.41, 5.74) is 3.99.